The van der Waals surface area contributed by atoms with E-state index < -0.39 is 0 Å². The number of ketones is 1. The Labute approximate surface area is 101 Å². The minimum absolute atomic E-state index is 0.0690. The number of nitrogens with one attached hydrogen (secondary N) is 1. The molecule has 0 saturated heterocycles. The van der Waals surface area contributed by atoms with Gasteiger partial charge >= 0.3 is 0 Å². The average molecular weight is 235 g/mol. The molecule has 17 heavy (non-hydrogen) atoms. The summed E-state index contributed by atoms with van der Waals surface area (Å²) >= 11 is 0. The lowest BCUT2D eigenvalue weighted by Gasteiger charge is -2.14. The van der Waals surface area contributed by atoms with Gasteiger partial charge in [0.2, 0.25) is 5.91 Å². The zero-order valence-electron chi connectivity index (χ0n) is 10.3. The number of hydrogen-bond acceptors (Lipinski definition) is 3. The van der Waals surface area contributed by atoms with Crippen molar-refractivity contribution in [2.24, 2.45) is 0 Å². The van der Waals surface area contributed by atoms with E-state index in [1.54, 1.807) is 7.11 Å². The van der Waals surface area contributed by atoms with Crippen molar-refractivity contribution in [3.05, 3.63) is 29.8 Å². The molecular formula is C13H17NO3. The maximum atomic E-state index is 11.4. The fourth-order valence-corrected chi connectivity index (χ4v) is 1.49. The van der Waals surface area contributed by atoms with E-state index in [2.05, 4.69) is 5.32 Å². The Morgan fingerprint density at radius 1 is 1.29 bits per heavy atom. The topological polar surface area (TPSA) is 55.4 Å². The molecule has 0 aliphatic carbocycles. The summed E-state index contributed by atoms with van der Waals surface area (Å²) in [5, 5.41) is 2.76. The Morgan fingerprint density at radius 3 is 2.35 bits per heavy atom. The van der Waals surface area contributed by atoms with Gasteiger partial charge in [0.15, 0.2) is 0 Å². The maximum absolute atomic E-state index is 11.4. The summed E-state index contributed by atoms with van der Waals surface area (Å²) in [5.74, 6) is 0.390. The predicted octanol–water partition coefficient (Wildman–Crippen LogP) is 1.85. The van der Waals surface area contributed by atoms with Crippen LogP contribution in [0.3, 0.4) is 0 Å². The molecule has 0 unspecified atom stereocenters. The third-order valence-electron chi connectivity index (χ3n) is 2.40. The zero-order chi connectivity index (χ0) is 12.8. The van der Waals surface area contributed by atoms with Gasteiger partial charge in [0, 0.05) is 0 Å². The van der Waals surface area contributed by atoms with Gasteiger partial charge in [-0.25, -0.2) is 0 Å². The quantitative estimate of drug-likeness (QED) is 0.792. The van der Waals surface area contributed by atoms with Gasteiger partial charge in [-0.3, -0.25) is 9.59 Å². The summed E-state index contributed by atoms with van der Waals surface area (Å²) in [6, 6.07) is 7.33. The molecule has 0 heterocycles. The molecule has 1 aromatic carbocycles. The highest BCUT2D eigenvalue weighted by Crippen LogP contribution is 2.17. The number of carbonyl (C=O) groups is 2. The van der Waals surface area contributed by atoms with Gasteiger partial charge in [0.1, 0.15) is 11.5 Å². The van der Waals surface area contributed by atoms with Crippen LogP contribution in [0.15, 0.2) is 24.3 Å². The Kier molecular flexibility index (Phi) is 4.69. The first kappa shape index (κ1) is 13.2. The van der Waals surface area contributed by atoms with Crippen molar-refractivity contribution >= 4 is 11.7 Å². The summed E-state index contributed by atoms with van der Waals surface area (Å²) in [6.45, 7) is 3.28. The highest BCUT2D eigenvalue weighted by Gasteiger charge is 2.10. The molecule has 0 saturated carbocycles. The minimum Gasteiger partial charge on any atom is -0.497 e. The van der Waals surface area contributed by atoms with Crippen LogP contribution in [-0.4, -0.2) is 18.8 Å². The molecule has 4 nitrogen and oxygen atoms in total. The molecule has 1 aromatic rings. The van der Waals surface area contributed by atoms with Gasteiger partial charge in [0.25, 0.3) is 0 Å². The first-order valence-corrected chi connectivity index (χ1v) is 5.45. The van der Waals surface area contributed by atoms with Crippen molar-refractivity contribution in [3.8, 4) is 5.75 Å². The molecule has 92 valence electrons. The second-order valence-electron chi connectivity index (χ2n) is 3.94. The normalized spacial score (nSPS) is 11.7. The molecule has 4 heteroatoms. The Hall–Kier alpha value is -1.84. The van der Waals surface area contributed by atoms with E-state index in [9.17, 15) is 9.59 Å². The molecule has 0 radical (unpaired) electrons. The number of carbonyl (C=O) groups excluding carboxylic acids is 2. The van der Waals surface area contributed by atoms with Crippen molar-refractivity contribution < 1.29 is 14.3 Å². The van der Waals surface area contributed by atoms with Gasteiger partial charge in [0.05, 0.1) is 19.6 Å². The van der Waals surface area contributed by atoms with E-state index in [4.69, 9.17) is 4.74 Å². The molecule has 1 atom stereocenters. The Bertz CT molecular complexity index is 398. The predicted molar refractivity (Wildman–Crippen MR) is 64.8 cm³/mol. The largest absolute Gasteiger partial charge is 0.497 e. The average Bonchev–Trinajstić information content (AvgIpc) is 2.28. The Morgan fingerprint density at radius 2 is 1.88 bits per heavy atom. The molecule has 1 amide bonds. The fraction of sp³-hybridized carbons (Fsp3) is 0.385. The van der Waals surface area contributed by atoms with Crippen LogP contribution in [0.5, 0.6) is 5.75 Å². The number of hydrogen-bond donors (Lipinski definition) is 1. The smallest absolute Gasteiger partial charge is 0.227 e. The maximum Gasteiger partial charge on any atom is 0.227 e. The van der Waals surface area contributed by atoms with Gasteiger partial charge in [-0.1, -0.05) is 12.1 Å². The molecule has 0 spiro atoms. The lowest BCUT2D eigenvalue weighted by Crippen LogP contribution is -2.27. The second kappa shape index (κ2) is 6.03. The van der Waals surface area contributed by atoms with Gasteiger partial charge in [-0.05, 0) is 31.5 Å². The van der Waals surface area contributed by atoms with Gasteiger partial charge in [-0.2, -0.15) is 0 Å². The van der Waals surface area contributed by atoms with Crippen LogP contribution >= 0.6 is 0 Å². The lowest BCUT2D eigenvalue weighted by molar-refractivity contribution is -0.127. The van der Waals surface area contributed by atoms with E-state index in [-0.39, 0.29) is 24.2 Å². The van der Waals surface area contributed by atoms with Crippen molar-refractivity contribution in [3.63, 3.8) is 0 Å². The molecule has 0 aliphatic heterocycles. The summed E-state index contributed by atoms with van der Waals surface area (Å²) in [5.41, 5.74) is 0.975. The van der Waals surface area contributed by atoms with Crippen LogP contribution in [-0.2, 0) is 9.59 Å². The first-order valence-electron chi connectivity index (χ1n) is 5.45. The second-order valence-corrected chi connectivity index (χ2v) is 3.94. The van der Waals surface area contributed by atoms with Crippen LogP contribution in [0, 0.1) is 0 Å². The molecule has 1 rings (SSSR count). The molecule has 0 fully saturated rings. The number of Topliss-reactive ketones (excluding diaryl/α,β-unsaturated/α-hetero) is 1. The van der Waals surface area contributed by atoms with Crippen LogP contribution in [0.25, 0.3) is 0 Å². The van der Waals surface area contributed by atoms with Gasteiger partial charge in [-0.15, -0.1) is 0 Å². The van der Waals surface area contributed by atoms with Crippen LogP contribution in [0.2, 0.25) is 0 Å². The third kappa shape index (κ3) is 4.26. The van der Waals surface area contributed by atoms with E-state index >= 15 is 0 Å². The highest BCUT2D eigenvalue weighted by molar-refractivity contribution is 5.96. The zero-order valence-corrected chi connectivity index (χ0v) is 10.3. The summed E-state index contributed by atoms with van der Waals surface area (Å²) in [4.78, 5) is 22.2. The van der Waals surface area contributed by atoms with Gasteiger partial charge < -0.3 is 10.1 Å². The van der Waals surface area contributed by atoms with Crippen LogP contribution in [0.4, 0.5) is 0 Å². The summed E-state index contributed by atoms with van der Waals surface area (Å²) in [6.07, 6.45) is -0.0690. The number of benzene rings is 1. The molecule has 1 N–H and O–H groups in total. The van der Waals surface area contributed by atoms with Crippen molar-refractivity contribution in [2.45, 2.75) is 26.3 Å². The first-order chi connectivity index (χ1) is 8.02. The standard InChI is InChI=1S/C13H17NO3/c1-9(15)8-13(16)14-10(2)11-4-6-12(17-3)7-5-11/h4-7,10H,8H2,1-3H3,(H,14,16)/t10-/m0/s1. The lowest BCUT2D eigenvalue weighted by atomic mass is 10.1. The van der Waals surface area contributed by atoms with Crippen molar-refractivity contribution in [2.75, 3.05) is 7.11 Å². The number of methoxy groups -OCH3 is 1. The van der Waals surface area contributed by atoms with Crippen LogP contribution in [0.1, 0.15) is 31.9 Å². The summed E-state index contributed by atoms with van der Waals surface area (Å²) < 4.78 is 5.05. The SMILES string of the molecule is COc1ccc([C@H](C)NC(=O)CC(C)=O)cc1. The summed E-state index contributed by atoms with van der Waals surface area (Å²) in [7, 11) is 1.60. The van der Waals surface area contributed by atoms with Crippen molar-refractivity contribution in [1.29, 1.82) is 0 Å². The highest BCUT2D eigenvalue weighted by atomic mass is 16.5. The third-order valence-corrected chi connectivity index (χ3v) is 2.40. The Balaban J connectivity index is 2.59. The van der Waals surface area contributed by atoms with E-state index in [0.717, 1.165) is 11.3 Å². The van der Waals surface area contributed by atoms with E-state index in [1.165, 1.54) is 6.92 Å². The molecule has 0 aromatic heterocycles. The number of ether oxygens (including phenoxy) is 1. The number of rotatable bonds is 5. The number of amides is 1. The van der Waals surface area contributed by atoms with E-state index in [0.29, 0.717) is 0 Å². The fourth-order valence-electron chi connectivity index (χ4n) is 1.49. The van der Waals surface area contributed by atoms with Crippen molar-refractivity contribution in [1.82, 2.24) is 5.32 Å². The minimum atomic E-state index is -0.249. The monoisotopic (exact) mass is 235 g/mol. The molecule has 0 bridgehead atoms. The molecule has 0 aliphatic rings. The van der Waals surface area contributed by atoms with Crippen LogP contribution < -0.4 is 10.1 Å². The van der Waals surface area contributed by atoms with E-state index in [1.807, 2.05) is 31.2 Å². The molecular weight excluding hydrogens is 218 g/mol.